The number of hydrogen-bond acceptors (Lipinski definition) is 3. The van der Waals surface area contributed by atoms with E-state index in [0.717, 1.165) is 25.2 Å². The lowest BCUT2D eigenvalue weighted by Crippen LogP contribution is -2.35. The first kappa shape index (κ1) is 17.5. The van der Waals surface area contributed by atoms with Gasteiger partial charge in [-0.3, -0.25) is 14.4 Å². The molecule has 7 heteroatoms. The van der Waals surface area contributed by atoms with Crippen LogP contribution in [0.15, 0.2) is 24.4 Å². The van der Waals surface area contributed by atoms with E-state index in [4.69, 9.17) is 0 Å². The Morgan fingerprint density at radius 3 is 2.64 bits per heavy atom. The fourth-order valence-electron chi connectivity index (χ4n) is 3.10. The van der Waals surface area contributed by atoms with Crippen molar-refractivity contribution in [2.24, 2.45) is 7.05 Å². The summed E-state index contributed by atoms with van der Waals surface area (Å²) >= 11 is 0. The molecule has 1 fully saturated rings. The highest BCUT2D eigenvalue weighted by Gasteiger charge is 2.24. The van der Waals surface area contributed by atoms with Gasteiger partial charge in [0.05, 0.1) is 11.3 Å². The van der Waals surface area contributed by atoms with E-state index in [1.807, 2.05) is 17.8 Å². The molecule has 2 aromatic rings. The van der Waals surface area contributed by atoms with Crippen LogP contribution in [0.25, 0.3) is 0 Å². The number of aromatic nitrogens is 2. The van der Waals surface area contributed by atoms with Gasteiger partial charge in [-0.05, 0) is 31.0 Å². The molecule has 3 rings (SSSR count). The molecule has 1 aliphatic heterocycles. The molecule has 1 aromatic carbocycles. The molecule has 0 bridgehead atoms. The lowest BCUT2D eigenvalue weighted by atomic mass is 10.1. The maximum absolute atomic E-state index is 14.1. The van der Waals surface area contributed by atoms with Crippen molar-refractivity contribution >= 4 is 5.91 Å². The van der Waals surface area contributed by atoms with E-state index >= 15 is 0 Å². The molecule has 1 aromatic heterocycles. The first-order valence-corrected chi connectivity index (χ1v) is 8.40. The predicted molar refractivity (Wildman–Crippen MR) is 90.1 cm³/mol. The molecule has 0 aliphatic carbocycles. The van der Waals surface area contributed by atoms with Crippen molar-refractivity contribution in [2.45, 2.75) is 19.9 Å². The molecule has 0 radical (unpaired) electrons. The molecule has 0 unspecified atom stereocenters. The molecule has 1 amide bonds. The molecule has 5 nitrogen and oxygen atoms in total. The number of halogens is 2. The van der Waals surface area contributed by atoms with E-state index in [-0.39, 0.29) is 11.1 Å². The Balaban J connectivity index is 1.68. The molecule has 134 valence electrons. The number of benzene rings is 1. The average molecular weight is 348 g/mol. The van der Waals surface area contributed by atoms with Gasteiger partial charge < -0.3 is 4.90 Å². The lowest BCUT2D eigenvalue weighted by molar-refractivity contribution is 0.0755. The minimum absolute atomic E-state index is 0.191. The third-order valence-electron chi connectivity index (χ3n) is 4.69. The summed E-state index contributed by atoms with van der Waals surface area (Å²) in [6.45, 7) is 4.80. The van der Waals surface area contributed by atoms with Gasteiger partial charge in [-0.25, -0.2) is 8.78 Å². The highest BCUT2D eigenvalue weighted by Crippen LogP contribution is 2.18. The SMILES string of the molecule is Cc1ccc(C(=O)N2CCCN(Cc3ccnn3C)CC2)c(F)c1F. The number of hydrogen-bond donors (Lipinski definition) is 0. The van der Waals surface area contributed by atoms with Crippen molar-refractivity contribution < 1.29 is 13.6 Å². The Morgan fingerprint density at radius 2 is 1.92 bits per heavy atom. The Morgan fingerprint density at radius 1 is 1.12 bits per heavy atom. The molecule has 0 spiro atoms. The van der Waals surface area contributed by atoms with Crippen LogP contribution in [0.5, 0.6) is 0 Å². The summed E-state index contributed by atoms with van der Waals surface area (Å²) < 4.78 is 29.7. The Bertz CT molecular complexity index is 774. The van der Waals surface area contributed by atoms with Gasteiger partial charge in [0.25, 0.3) is 5.91 Å². The van der Waals surface area contributed by atoms with Crippen LogP contribution < -0.4 is 0 Å². The van der Waals surface area contributed by atoms with Gasteiger partial charge in [-0.15, -0.1) is 0 Å². The molecular weight excluding hydrogens is 326 g/mol. The third kappa shape index (κ3) is 3.71. The van der Waals surface area contributed by atoms with Crippen molar-refractivity contribution in [1.29, 1.82) is 0 Å². The summed E-state index contributed by atoms with van der Waals surface area (Å²) in [5.41, 5.74) is 1.11. The van der Waals surface area contributed by atoms with Crippen LogP contribution in [-0.2, 0) is 13.6 Å². The third-order valence-corrected chi connectivity index (χ3v) is 4.69. The Kier molecular flexibility index (Phi) is 5.13. The zero-order chi connectivity index (χ0) is 18.0. The number of rotatable bonds is 3. The zero-order valence-corrected chi connectivity index (χ0v) is 14.5. The summed E-state index contributed by atoms with van der Waals surface area (Å²) in [6.07, 6.45) is 2.55. The quantitative estimate of drug-likeness (QED) is 0.855. The van der Waals surface area contributed by atoms with Crippen LogP contribution in [0.2, 0.25) is 0 Å². The van der Waals surface area contributed by atoms with E-state index in [1.165, 1.54) is 19.1 Å². The summed E-state index contributed by atoms with van der Waals surface area (Å²) in [5, 5.41) is 4.16. The largest absolute Gasteiger partial charge is 0.337 e. The Labute approximate surface area is 145 Å². The van der Waals surface area contributed by atoms with E-state index in [2.05, 4.69) is 10.00 Å². The van der Waals surface area contributed by atoms with Crippen LogP contribution in [-0.4, -0.2) is 51.7 Å². The van der Waals surface area contributed by atoms with Gasteiger partial charge in [0.15, 0.2) is 11.6 Å². The van der Waals surface area contributed by atoms with Crippen LogP contribution >= 0.6 is 0 Å². The minimum Gasteiger partial charge on any atom is -0.337 e. The summed E-state index contributed by atoms with van der Waals surface area (Å²) in [7, 11) is 1.90. The first-order chi connectivity index (χ1) is 12.0. The second kappa shape index (κ2) is 7.31. The van der Waals surface area contributed by atoms with Gasteiger partial charge >= 0.3 is 0 Å². The van der Waals surface area contributed by atoms with Gasteiger partial charge in [0.2, 0.25) is 0 Å². The van der Waals surface area contributed by atoms with Gasteiger partial charge in [-0.2, -0.15) is 5.10 Å². The van der Waals surface area contributed by atoms with E-state index in [9.17, 15) is 13.6 Å². The number of aryl methyl sites for hydroxylation is 2. The molecule has 1 aliphatic rings. The zero-order valence-electron chi connectivity index (χ0n) is 14.5. The number of carbonyl (C=O) groups is 1. The summed E-state index contributed by atoms with van der Waals surface area (Å²) in [6, 6.07) is 4.78. The molecule has 2 heterocycles. The van der Waals surface area contributed by atoms with E-state index < -0.39 is 17.5 Å². The van der Waals surface area contributed by atoms with Crippen molar-refractivity contribution in [3.05, 3.63) is 52.9 Å². The van der Waals surface area contributed by atoms with E-state index in [0.29, 0.717) is 19.6 Å². The van der Waals surface area contributed by atoms with Gasteiger partial charge in [-0.1, -0.05) is 6.07 Å². The molecule has 25 heavy (non-hydrogen) atoms. The number of amides is 1. The highest BCUT2D eigenvalue weighted by atomic mass is 19.2. The van der Waals surface area contributed by atoms with Crippen molar-refractivity contribution in [3.63, 3.8) is 0 Å². The smallest absolute Gasteiger partial charge is 0.256 e. The van der Waals surface area contributed by atoms with Gasteiger partial charge in [0, 0.05) is 46.0 Å². The second-order valence-electron chi connectivity index (χ2n) is 6.43. The van der Waals surface area contributed by atoms with E-state index in [1.54, 1.807) is 11.1 Å². The standard InChI is InChI=1S/C18H22F2N4O/c1-13-4-5-15(17(20)16(13)19)18(25)24-9-3-8-23(10-11-24)12-14-6-7-21-22(14)2/h4-7H,3,8-12H2,1-2H3. The summed E-state index contributed by atoms with van der Waals surface area (Å²) in [5.74, 6) is -2.45. The number of nitrogens with zero attached hydrogens (tertiary/aromatic N) is 4. The molecule has 0 saturated carbocycles. The molecule has 0 atom stereocenters. The maximum Gasteiger partial charge on any atom is 0.256 e. The number of carbonyl (C=O) groups excluding carboxylic acids is 1. The van der Waals surface area contributed by atoms with Crippen molar-refractivity contribution in [3.8, 4) is 0 Å². The maximum atomic E-state index is 14.1. The lowest BCUT2D eigenvalue weighted by Gasteiger charge is -2.22. The molecule has 1 saturated heterocycles. The molecule has 0 N–H and O–H groups in total. The topological polar surface area (TPSA) is 41.4 Å². The normalized spacial score (nSPS) is 16.1. The first-order valence-electron chi connectivity index (χ1n) is 8.40. The van der Waals surface area contributed by atoms with Crippen LogP contribution in [0, 0.1) is 18.6 Å². The van der Waals surface area contributed by atoms with Crippen molar-refractivity contribution in [1.82, 2.24) is 19.6 Å². The van der Waals surface area contributed by atoms with Crippen LogP contribution in [0.1, 0.15) is 28.0 Å². The highest BCUT2D eigenvalue weighted by molar-refractivity contribution is 5.94. The van der Waals surface area contributed by atoms with Crippen LogP contribution in [0.4, 0.5) is 8.78 Å². The monoisotopic (exact) mass is 348 g/mol. The van der Waals surface area contributed by atoms with Gasteiger partial charge in [0.1, 0.15) is 0 Å². The fraction of sp³-hybridized carbons (Fsp3) is 0.444. The molecular formula is C18H22F2N4O. The average Bonchev–Trinajstić information content (AvgIpc) is 2.85. The van der Waals surface area contributed by atoms with Crippen LogP contribution in [0.3, 0.4) is 0 Å². The fourth-order valence-corrected chi connectivity index (χ4v) is 3.10. The second-order valence-corrected chi connectivity index (χ2v) is 6.43. The summed E-state index contributed by atoms with van der Waals surface area (Å²) in [4.78, 5) is 16.5. The minimum atomic E-state index is -1.05. The van der Waals surface area contributed by atoms with Crippen molar-refractivity contribution in [2.75, 3.05) is 26.2 Å². The Hall–Kier alpha value is -2.28. The predicted octanol–water partition coefficient (Wildman–Crippen LogP) is 2.35.